The van der Waals surface area contributed by atoms with Crippen molar-refractivity contribution in [3.05, 3.63) is 64.7 Å². The topological polar surface area (TPSA) is 49.3 Å². The smallest absolute Gasteiger partial charge is 0.337 e. The second-order valence-electron chi connectivity index (χ2n) is 5.07. The van der Waals surface area contributed by atoms with E-state index < -0.39 is 5.97 Å². The van der Waals surface area contributed by atoms with E-state index in [1.165, 1.54) is 11.6 Å². The number of benzene rings is 2. The SMILES string of the molecule is CC(CCc1ccccc1)Nc1ccc(C(=O)O)c(Cl)c1. The molecule has 21 heavy (non-hydrogen) atoms. The number of nitrogens with one attached hydrogen (secondary N) is 1. The number of carboxylic acids is 1. The van der Waals surface area contributed by atoms with Gasteiger partial charge in [0, 0.05) is 11.7 Å². The third-order valence-electron chi connectivity index (χ3n) is 3.32. The van der Waals surface area contributed by atoms with E-state index in [0.29, 0.717) is 0 Å². The molecule has 0 bridgehead atoms. The minimum Gasteiger partial charge on any atom is -0.478 e. The molecule has 0 heterocycles. The lowest BCUT2D eigenvalue weighted by atomic mass is 10.1. The van der Waals surface area contributed by atoms with Gasteiger partial charge in [-0.3, -0.25) is 0 Å². The fourth-order valence-electron chi connectivity index (χ4n) is 2.16. The number of aryl methyl sites for hydroxylation is 1. The van der Waals surface area contributed by atoms with Crippen molar-refractivity contribution in [3.63, 3.8) is 0 Å². The Hall–Kier alpha value is -2.00. The van der Waals surface area contributed by atoms with Crippen molar-refractivity contribution in [1.29, 1.82) is 0 Å². The second kappa shape index (κ2) is 7.14. The van der Waals surface area contributed by atoms with E-state index in [1.807, 2.05) is 18.2 Å². The first-order valence-electron chi connectivity index (χ1n) is 6.89. The average Bonchev–Trinajstić information content (AvgIpc) is 2.46. The molecule has 2 aromatic rings. The van der Waals surface area contributed by atoms with Crippen LogP contribution < -0.4 is 5.32 Å². The maximum absolute atomic E-state index is 10.9. The van der Waals surface area contributed by atoms with Crippen LogP contribution in [0.2, 0.25) is 5.02 Å². The number of carbonyl (C=O) groups is 1. The van der Waals surface area contributed by atoms with Crippen LogP contribution in [-0.2, 0) is 6.42 Å². The van der Waals surface area contributed by atoms with Crippen LogP contribution in [0.5, 0.6) is 0 Å². The van der Waals surface area contributed by atoms with E-state index in [9.17, 15) is 4.79 Å². The lowest BCUT2D eigenvalue weighted by Crippen LogP contribution is -2.16. The largest absolute Gasteiger partial charge is 0.478 e. The van der Waals surface area contributed by atoms with Crippen molar-refractivity contribution in [1.82, 2.24) is 0 Å². The zero-order valence-electron chi connectivity index (χ0n) is 11.8. The number of anilines is 1. The molecule has 2 rings (SSSR count). The molecule has 0 spiro atoms. The van der Waals surface area contributed by atoms with Crippen LogP contribution in [0.25, 0.3) is 0 Å². The van der Waals surface area contributed by atoms with Crippen LogP contribution in [0.3, 0.4) is 0 Å². The van der Waals surface area contributed by atoms with Gasteiger partial charge < -0.3 is 10.4 Å². The second-order valence-corrected chi connectivity index (χ2v) is 5.48. The first-order valence-corrected chi connectivity index (χ1v) is 7.27. The average molecular weight is 304 g/mol. The van der Waals surface area contributed by atoms with Gasteiger partial charge in [0.2, 0.25) is 0 Å². The molecule has 1 unspecified atom stereocenters. The Labute approximate surface area is 129 Å². The van der Waals surface area contributed by atoms with Gasteiger partial charge in [-0.25, -0.2) is 4.79 Å². The van der Waals surface area contributed by atoms with E-state index in [2.05, 4.69) is 24.4 Å². The summed E-state index contributed by atoms with van der Waals surface area (Å²) in [4.78, 5) is 10.9. The Morgan fingerprint density at radius 1 is 1.24 bits per heavy atom. The van der Waals surface area contributed by atoms with Gasteiger partial charge in [-0.2, -0.15) is 0 Å². The van der Waals surface area contributed by atoms with Gasteiger partial charge in [-0.05, 0) is 43.5 Å². The minimum atomic E-state index is -1.01. The molecule has 3 nitrogen and oxygen atoms in total. The fraction of sp³-hybridized carbons (Fsp3) is 0.235. The monoisotopic (exact) mass is 303 g/mol. The summed E-state index contributed by atoms with van der Waals surface area (Å²) in [6.45, 7) is 2.10. The van der Waals surface area contributed by atoms with Crippen molar-refractivity contribution >= 4 is 23.3 Å². The van der Waals surface area contributed by atoms with Crippen molar-refractivity contribution in [2.45, 2.75) is 25.8 Å². The summed E-state index contributed by atoms with van der Waals surface area (Å²) in [5.41, 5.74) is 2.27. The van der Waals surface area contributed by atoms with Crippen LogP contribution in [0.4, 0.5) is 5.69 Å². The number of carboxylic acid groups (broad SMARTS) is 1. The van der Waals surface area contributed by atoms with Crippen molar-refractivity contribution in [2.75, 3.05) is 5.32 Å². The van der Waals surface area contributed by atoms with Crippen molar-refractivity contribution in [2.24, 2.45) is 0 Å². The molecule has 0 saturated heterocycles. The van der Waals surface area contributed by atoms with E-state index in [4.69, 9.17) is 16.7 Å². The highest BCUT2D eigenvalue weighted by atomic mass is 35.5. The van der Waals surface area contributed by atoms with Gasteiger partial charge in [-0.1, -0.05) is 41.9 Å². The highest BCUT2D eigenvalue weighted by molar-refractivity contribution is 6.33. The molecule has 0 aliphatic rings. The number of hydrogen-bond donors (Lipinski definition) is 2. The van der Waals surface area contributed by atoms with E-state index >= 15 is 0 Å². The number of rotatable bonds is 6. The van der Waals surface area contributed by atoms with Crippen LogP contribution >= 0.6 is 11.6 Å². The Balaban J connectivity index is 1.92. The Morgan fingerprint density at radius 3 is 2.57 bits per heavy atom. The first-order chi connectivity index (χ1) is 10.1. The zero-order valence-corrected chi connectivity index (χ0v) is 12.6. The summed E-state index contributed by atoms with van der Waals surface area (Å²) in [5, 5.41) is 12.5. The summed E-state index contributed by atoms with van der Waals surface area (Å²) >= 11 is 5.96. The number of hydrogen-bond acceptors (Lipinski definition) is 2. The van der Waals surface area contributed by atoms with Crippen LogP contribution in [0.1, 0.15) is 29.3 Å². The van der Waals surface area contributed by atoms with Crippen LogP contribution in [0, 0.1) is 0 Å². The third kappa shape index (κ3) is 4.50. The van der Waals surface area contributed by atoms with E-state index in [-0.39, 0.29) is 16.6 Å². The predicted octanol–water partition coefficient (Wildman–Crippen LogP) is 4.47. The highest BCUT2D eigenvalue weighted by Crippen LogP contribution is 2.22. The summed E-state index contributed by atoms with van der Waals surface area (Å²) in [7, 11) is 0. The van der Waals surface area contributed by atoms with Gasteiger partial charge in [0.25, 0.3) is 0 Å². The summed E-state index contributed by atoms with van der Waals surface area (Å²) in [5.74, 6) is -1.01. The minimum absolute atomic E-state index is 0.124. The standard InChI is InChI=1S/C17H18ClNO2/c1-12(7-8-13-5-3-2-4-6-13)19-14-9-10-15(17(20)21)16(18)11-14/h2-6,9-12,19H,7-8H2,1H3,(H,20,21). The molecule has 0 fully saturated rings. The molecule has 0 aliphatic carbocycles. The Kier molecular flexibility index (Phi) is 5.23. The summed E-state index contributed by atoms with van der Waals surface area (Å²) in [6.07, 6.45) is 1.98. The molecule has 2 N–H and O–H groups in total. The van der Waals surface area contributed by atoms with Gasteiger partial charge >= 0.3 is 5.97 Å². The molecular weight excluding hydrogens is 286 g/mol. The van der Waals surface area contributed by atoms with Gasteiger partial charge in [0.05, 0.1) is 10.6 Å². The van der Waals surface area contributed by atoms with E-state index in [0.717, 1.165) is 18.5 Å². The van der Waals surface area contributed by atoms with E-state index in [1.54, 1.807) is 12.1 Å². The molecule has 0 aliphatic heterocycles. The van der Waals surface area contributed by atoms with Crippen LogP contribution in [-0.4, -0.2) is 17.1 Å². The molecule has 1 atom stereocenters. The molecule has 0 aromatic heterocycles. The lowest BCUT2D eigenvalue weighted by Gasteiger charge is -2.16. The fourth-order valence-corrected chi connectivity index (χ4v) is 2.42. The maximum Gasteiger partial charge on any atom is 0.337 e. The Morgan fingerprint density at radius 2 is 1.95 bits per heavy atom. The first kappa shape index (κ1) is 15.4. The molecular formula is C17H18ClNO2. The maximum atomic E-state index is 10.9. The Bertz CT molecular complexity index is 613. The summed E-state index contributed by atoms with van der Waals surface area (Å²) < 4.78 is 0. The quantitative estimate of drug-likeness (QED) is 0.827. The molecule has 2 aromatic carbocycles. The normalized spacial score (nSPS) is 11.9. The number of halogens is 1. The van der Waals surface area contributed by atoms with Gasteiger partial charge in [0.15, 0.2) is 0 Å². The molecule has 0 saturated carbocycles. The summed E-state index contributed by atoms with van der Waals surface area (Å²) in [6, 6.07) is 15.5. The van der Waals surface area contributed by atoms with Crippen LogP contribution in [0.15, 0.2) is 48.5 Å². The molecule has 0 amide bonds. The molecule has 4 heteroatoms. The number of aromatic carboxylic acids is 1. The zero-order chi connectivity index (χ0) is 15.2. The van der Waals surface area contributed by atoms with Gasteiger partial charge in [-0.15, -0.1) is 0 Å². The highest BCUT2D eigenvalue weighted by Gasteiger charge is 2.10. The van der Waals surface area contributed by atoms with Crippen molar-refractivity contribution < 1.29 is 9.90 Å². The third-order valence-corrected chi connectivity index (χ3v) is 3.63. The predicted molar refractivity (Wildman–Crippen MR) is 86.3 cm³/mol. The van der Waals surface area contributed by atoms with Crippen molar-refractivity contribution in [3.8, 4) is 0 Å². The molecule has 0 radical (unpaired) electrons. The molecule has 110 valence electrons. The lowest BCUT2D eigenvalue weighted by molar-refractivity contribution is 0.0697. The van der Waals surface area contributed by atoms with Gasteiger partial charge in [0.1, 0.15) is 0 Å².